The van der Waals surface area contributed by atoms with Crippen LogP contribution in [0.4, 0.5) is 18.3 Å². The summed E-state index contributed by atoms with van der Waals surface area (Å²) in [5, 5.41) is 6.91. The third-order valence-electron chi connectivity index (χ3n) is 3.38. The fraction of sp³-hybridized carbons (Fsp3) is 0.0667. The lowest BCUT2D eigenvalue weighted by molar-refractivity contribution is -0.140. The van der Waals surface area contributed by atoms with E-state index in [9.17, 15) is 18.0 Å². The van der Waals surface area contributed by atoms with Gasteiger partial charge in [-0.1, -0.05) is 0 Å². The maximum absolute atomic E-state index is 12.7. The first-order chi connectivity index (χ1) is 13.4. The zero-order chi connectivity index (χ0) is 19.7. The minimum atomic E-state index is -4.59. The number of carbonyl (C=O) groups is 1. The fourth-order valence-electron chi connectivity index (χ4n) is 2.22. The van der Waals surface area contributed by atoms with E-state index in [0.29, 0.717) is 17.1 Å². The van der Waals surface area contributed by atoms with Crippen LogP contribution >= 0.6 is 11.3 Å². The summed E-state index contributed by atoms with van der Waals surface area (Å²) >= 11 is 0.660. The van der Waals surface area contributed by atoms with Gasteiger partial charge in [0.25, 0.3) is 5.91 Å². The number of anilines is 1. The molecule has 0 atom stereocenters. The van der Waals surface area contributed by atoms with Gasteiger partial charge in [-0.25, -0.2) is 24.5 Å². The van der Waals surface area contributed by atoms with Crippen LogP contribution in [-0.4, -0.2) is 35.5 Å². The molecule has 0 aliphatic carbocycles. The number of nitrogens with zero attached hydrogens (tertiary/aromatic N) is 6. The van der Waals surface area contributed by atoms with Crippen molar-refractivity contribution in [2.75, 3.05) is 5.32 Å². The molecule has 1 N–H and O–H groups in total. The summed E-state index contributed by atoms with van der Waals surface area (Å²) < 4.78 is 44.9. The number of hydrogen-bond donors (Lipinski definition) is 1. The van der Waals surface area contributed by atoms with E-state index < -0.39 is 17.8 Å². The highest BCUT2D eigenvalue weighted by Gasteiger charge is 2.34. The standard InChI is InChI=1S/C15H8F3N7O2S/c16-15(17,18)11-5-28-14(23-11)24-13(26)10-1-8(4-25-12(10)21-7-22-25)27-9-2-19-6-20-3-9/h1-7H,(H,23,24,26). The van der Waals surface area contributed by atoms with Gasteiger partial charge in [0.15, 0.2) is 22.2 Å². The highest BCUT2D eigenvalue weighted by molar-refractivity contribution is 7.14. The number of carbonyl (C=O) groups excluding carboxylic acids is 1. The Kier molecular flexibility index (Phi) is 4.35. The van der Waals surface area contributed by atoms with E-state index in [1.165, 1.54) is 41.8 Å². The molecule has 0 saturated heterocycles. The first-order valence-corrected chi connectivity index (χ1v) is 8.38. The van der Waals surface area contributed by atoms with E-state index >= 15 is 0 Å². The summed E-state index contributed by atoms with van der Waals surface area (Å²) in [6, 6.07) is 1.38. The number of ether oxygens (including phenoxy) is 1. The van der Waals surface area contributed by atoms with Gasteiger partial charge in [0.05, 0.1) is 24.2 Å². The third kappa shape index (κ3) is 3.59. The van der Waals surface area contributed by atoms with Crippen LogP contribution in [-0.2, 0) is 6.18 Å². The molecule has 0 saturated carbocycles. The first kappa shape index (κ1) is 17.8. The predicted octanol–water partition coefficient (Wildman–Crippen LogP) is 3.04. The van der Waals surface area contributed by atoms with Gasteiger partial charge in [0.2, 0.25) is 0 Å². The Morgan fingerprint density at radius 1 is 1.18 bits per heavy atom. The Bertz CT molecular complexity index is 1140. The van der Waals surface area contributed by atoms with Gasteiger partial charge < -0.3 is 4.74 Å². The number of nitrogens with one attached hydrogen (secondary N) is 1. The Morgan fingerprint density at radius 3 is 2.68 bits per heavy atom. The topological polar surface area (TPSA) is 107 Å². The molecule has 1 amide bonds. The van der Waals surface area contributed by atoms with E-state index in [1.807, 2.05) is 0 Å². The summed E-state index contributed by atoms with van der Waals surface area (Å²) in [6.07, 6.45) is 2.30. The summed E-state index contributed by atoms with van der Waals surface area (Å²) in [5.74, 6) is -0.160. The van der Waals surface area contributed by atoms with Gasteiger partial charge in [0.1, 0.15) is 18.4 Å². The first-order valence-electron chi connectivity index (χ1n) is 7.50. The summed E-state index contributed by atoms with van der Waals surface area (Å²) in [7, 11) is 0. The molecule has 4 rings (SSSR count). The predicted molar refractivity (Wildman–Crippen MR) is 90.2 cm³/mol. The van der Waals surface area contributed by atoms with Gasteiger partial charge in [-0.05, 0) is 6.07 Å². The molecule has 0 spiro atoms. The van der Waals surface area contributed by atoms with Gasteiger partial charge in [0, 0.05) is 5.38 Å². The molecule has 142 valence electrons. The number of rotatable bonds is 4. The van der Waals surface area contributed by atoms with Crippen LogP contribution in [0.25, 0.3) is 5.65 Å². The van der Waals surface area contributed by atoms with E-state index in [-0.39, 0.29) is 22.1 Å². The molecule has 0 unspecified atom stereocenters. The van der Waals surface area contributed by atoms with Crippen molar-refractivity contribution in [3.8, 4) is 11.5 Å². The maximum atomic E-state index is 12.7. The molecule has 0 radical (unpaired) electrons. The van der Waals surface area contributed by atoms with Crippen LogP contribution in [0.1, 0.15) is 16.1 Å². The fourth-order valence-corrected chi connectivity index (χ4v) is 2.94. The van der Waals surface area contributed by atoms with Crippen LogP contribution in [0.15, 0.2) is 42.7 Å². The second-order valence-corrected chi connectivity index (χ2v) is 6.14. The van der Waals surface area contributed by atoms with Crippen LogP contribution in [0.3, 0.4) is 0 Å². The van der Waals surface area contributed by atoms with E-state index in [0.717, 1.165) is 5.38 Å². The number of amides is 1. The van der Waals surface area contributed by atoms with Gasteiger partial charge in [-0.2, -0.15) is 18.3 Å². The maximum Gasteiger partial charge on any atom is 0.434 e. The lowest BCUT2D eigenvalue weighted by Gasteiger charge is -2.08. The molecular formula is C15H8F3N7O2S. The van der Waals surface area contributed by atoms with Gasteiger partial charge >= 0.3 is 6.18 Å². The quantitative estimate of drug-likeness (QED) is 0.554. The number of fused-ring (bicyclic) bond motifs is 1. The minimum Gasteiger partial charge on any atom is -0.452 e. The van der Waals surface area contributed by atoms with Crippen LogP contribution in [0.5, 0.6) is 11.5 Å². The van der Waals surface area contributed by atoms with Gasteiger partial charge in [-0.3, -0.25) is 10.1 Å². The average Bonchev–Trinajstić information content (AvgIpc) is 3.30. The van der Waals surface area contributed by atoms with Crippen molar-refractivity contribution in [1.29, 1.82) is 0 Å². The number of aromatic nitrogens is 6. The normalized spacial score (nSPS) is 11.5. The largest absolute Gasteiger partial charge is 0.452 e. The van der Waals surface area contributed by atoms with Crippen molar-refractivity contribution < 1.29 is 22.7 Å². The Labute approximate surface area is 157 Å². The smallest absolute Gasteiger partial charge is 0.434 e. The number of halogens is 3. The minimum absolute atomic E-state index is 0.0376. The molecule has 4 aromatic rings. The van der Waals surface area contributed by atoms with Crippen LogP contribution in [0.2, 0.25) is 0 Å². The molecule has 0 aliphatic rings. The van der Waals surface area contributed by atoms with Crippen LogP contribution < -0.4 is 10.1 Å². The second kappa shape index (κ2) is 6.84. The Hall–Kier alpha value is -3.61. The number of alkyl halides is 3. The number of pyridine rings is 1. The summed E-state index contributed by atoms with van der Waals surface area (Å²) in [5.41, 5.74) is -0.848. The molecule has 4 aromatic heterocycles. The van der Waals surface area contributed by atoms with Crippen LogP contribution in [0, 0.1) is 0 Å². The monoisotopic (exact) mass is 407 g/mol. The van der Waals surface area contributed by atoms with Gasteiger partial charge in [-0.15, -0.1) is 11.3 Å². The van der Waals surface area contributed by atoms with Crippen molar-refractivity contribution in [3.05, 3.63) is 53.9 Å². The zero-order valence-corrected chi connectivity index (χ0v) is 14.4. The lowest BCUT2D eigenvalue weighted by Crippen LogP contribution is -2.14. The number of thiazole rings is 1. The van der Waals surface area contributed by atoms with E-state index in [1.54, 1.807) is 0 Å². The highest BCUT2D eigenvalue weighted by atomic mass is 32.1. The molecule has 28 heavy (non-hydrogen) atoms. The highest BCUT2D eigenvalue weighted by Crippen LogP contribution is 2.32. The van der Waals surface area contributed by atoms with Crippen molar-refractivity contribution in [1.82, 2.24) is 29.5 Å². The second-order valence-electron chi connectivity index (χ2n) is 5.28. The summed E-state index contributed by atoms with van der Waals surface area (Å²) in [6.45, 7) is 0. The van der Waals surface area contributed by atoms with Crippen molar-refractivity contribution in [2.24, 2.45) is 0 Å². The molecule has 0 aliphatic heterocycles. The summed E-state index contributed by atoms with van der Waals surface area (Å²) in [4.78, 5) is 27.6. The molecule has 13 heteroatoms. The Balaban J connectivity index is 1.64. The Morgan fingerprint density at radius 2 is 1.96 bits per heavy atom. The molecule has 0 fully saturated rings. The molecule has 9 nitrogen and oxygen atoms in total. The van der Waals surface area contributed by atoms with E-state index in [4.69, 9.17) is 4.74 Å². The molecule has 0 bridgehead atoms. The van der Waals surface area contributed by atoms with E-state index in [2.05, 4.69) is 30.4 Å². The number of hydrogen-bond acceptors (Lipinski definition) is 8. The molecule has 4 heterocycles. The SMILES string of the molecule is O=C(Nc1nc(C(F)(F)F)cs1)c1cc(Oc2cncnc2)cn2ncnc12. The molecule has 0 aromatic carbocycles. The van der Waals surface area contributed by atoms with Crippen molar-refractivity contribution >= 4 is 28.0 Å². The zero-order valence-electron chi connectivity index (χ0n) is 13.6. The van der Waals surface area contributed by atoms with Crippen molar-refractivity contribution in [2.45, 2.75) is 6.18 Å². The average molecular weight is 407 g/mol. The molecular weight excluding hydrogens is 399 g/mol. The third-order valence-corrected chi connectivity index (χ3v) is 4.14. The van der Waals surface area contributed by atoms with Crippen molar-refractivity contribution in [3.63, 3.8) is 0 Å². The lowest BCUT2D eigenvalue weighted by atomic mass is 10.2.